The van der Waals surface area contributed by atoms with Gasteiger partial charge in [-0.3, -0.25) is 0 Å². The Labute approximate surface area is 129 Å². The van der Waals surface area contributed by atoms with E-state index >= 15 is 0 Å². The van der Waals surface area contributed by atoms with Crippen molar-refractivity contribution in [2.75, 3.05) is 19.0 Å². The largest absolute Gasteiger partial charge is 0.416 e. The molecule has 7 heteroatoms. The first-order valence-corrected chi connectivity index (χ1v) is 7.89. The number of alkyl halides is 3. The highest BCUT2D eigenvalue weighted by atomic mass is 79.9. The summed E-state index contributed by atoms with van der Waals surface area (Å²) in [5.41, 5.74) is -0.667. The molecule has 1 aromatic carbocycles. The van der Waals surface area contributed by atoms with Crippen molar-refractivity contribution >= 4 is 27.7 Å². The molecule has 0 amide bonds. The SMILES string of the molecule is CCOC(CSc1ccc(C(F)(F)F)cc1Br)OCC. The molecule has 0 spiro atoms. The Bertz CT molecular complexity index is 421. The lowest BCUT2D eigenvalue weighted by molar-refractivity contribution is -0.137. The summed E-state index contributed by atoms with van der Waals surface area (Å²) < 4.78 is 48.8. The molecule has 1 rings (SSSR count). The van der Waals surface area contributed by atoms with E-state index in [1.165, 1.54) is 17.8 Å². The highest BCUT2D eigenvalue weighted by Gasteiger charge is 2.30. The molecule has 0 radical (unpaired) electrons. The molecule has 114 valence electrons. The third kappa shape index (κ3) is 5.63. The summed E-state index contributed by atoms with van der Waals surface area (Å²) in [7, 11) is 0. The number of thioether (sulfide) groups is 1. The summed E-state index contributed by atoms with van der Waals surface area (Å²) in [6.07, 6.45) is -4.69. The van der Waals surface area contributed by atoms with Crippen molar-refractivity contribution in [3.05, 3.63) is 28.2 Å². The van der Waals surface area contributed by atoms with Gasteiger partial charge in [-0.05, 0) is 48.0 Å². The monoisotopic (exact) mass is 372 g/mol. The van der Waals surface area contributed by atoms with E-state index in [9.17, 15) is 13.2 Å². The minimum atomic E-state index is -4.33. The van der Waals surface area contributed by atoms with Crippen molar-refractivity contribution in [3.8, 4) is 0 Å². The molecule has 0 aromatic heterocycles. The van der Waals surface area contributed by atoms with Crippen molar-refractivity contribution < 1.29 is 22.6 Å². The Balaban J connectivity index is 2.68. The van der Waals surface area contributed by atoms with Crippen LogP contribution in [0.4, 0.5) is 13.2 Å². The Morgan fingerprint density at radius 3 is 2.25 bits per heavy atom. The van der Waals surface area contributed by atoms with E-state index in [0.29, 0.717) is 23.4 Å². The van der Waals surface area contributed by atoms with Gasteiger partial charge in [-0.1, -0.05) is 0 Å². The molecule has 20 heavy (non-hydrogen) atoms. The standard InChI is InChI=1S/C13H16BrF3O2S/c1-3-18-12(19-4-2)8-20-11-6-5-9(7-10(11)14)13(15,16)17/h5-7,12H,3-4,8H2,1-2H3. The second-order valence-corrected chi connectivity index (χ2v) is 5.71. The second-order valence-electron chi connectivity index (χ2n) is 3.79. The zero-order valence-electron chi connectivity index (χ0n) is 11.2. The van der Waals surface area contributed by atoms with Crippen molar-refractivity contribution in [1.29, 1.82) is 0 Å². The van der Waals surface area contributed by atoms with Gasteiger partial charge in [0.1, 0.15) is 0 Å². The van der Waals surface area contributed by atoms with Gasteiger partial charge >= 0.3 is 6.18 Å². The maximum Gasteiger partial charge on any atom is 0.416 e. The maximum absolute atomic E-state index is 12.5. The van der Waals surface area contributed by atoms with Crippen molar-refractivity contribution in [1.82, 2.24) is 0 Å². The Hall–Kier alpha value is -0.240. The number of ether oxygens (including phenoxy) is 2. The fourth-order valence-corrected chi connectivity index (χ4v) is 3.06. The van der Waals surface area contributed by atoms with Crippen LogP contribution in [0.3, 0.4) is 0 Å². The summed E-state index contributed by atoms with van der Waals surface area (Å²) in [6, 6.07) is 3.61. The lowest BCUT2D eigenvalue weighted by Crippen LogP contribution is -2.20. The van der Waals surface area contributed by atoms with Gasteiger partial charge in [0, 0.05) is 28.3 Å². The van der Waals surface area contributed by atoms with Gasteiger partial charge < -0.3 is 9.47 Å². The van der Waals surface area contributed by atoms with E-state index in [1.54, 1.807) is 0 Å². The fourth-order valence-electron chi connectivity index (χ4n) is 1.47. The van der Waals surface area contributed by atoms with Gasteiger partial charge in [0.15, 0.2) is 6.29 Å². The molecule has 1 aromatic rings. The minimum Gasteiger partial charge on any atom is -0.352 e. The average Bonchev–Trinajstić information content (AvgIpc) is 2.36. The third-order valence-corrected chi connectivity index (χ3v) is 4.36. The number of benzene rings is 1. The van der Waals surface area contributed by atoms with E-state index in [-0.39, 0.29) is 6.29 Å². The van der Waals surface area contributed by atoms with Crippen LogP contribution in [0.25, 0.3) is 0 Å². The Morgan fingerprint density at radius 1 is 1.20 bits per heavy atom. The number of rotatable bonds is 7. The lowest BCUT2D eigenvalue weighted by atomic mass is 10.2. The lowest BCUT2D eigenvalue weighted by Gasteiger charge is -2.17. The first-order chi connectivity index (χ1) is 9.38. The van der Waals surface area contributed by atoms with E-state index < -0.39 is 11.7 Å². The molecule has 0 aliphatic heterocycles. The van der Waals surface area contributed by atoms with Crippen molar-refractivity contribution in [2.45, 2.75) is 31.2 Å². The normalized spacial score (nSPS) is 12.2. The number of hydrogen-bond donors (Lipinski definition) is 0. The van der Waals surface area contributed by atoms with Crippen LogP contribution in [0.15, 0.2) is 27.6 Å². The first-order valence-electron chi connectivity index (χ1n) is 6.11. The molecule has 0 saturated carbocycles. The highest BCUT2D eigenvalue weighted by molar-refractivity contribution is 9.10. The van der Waals surface area contributed by atoms with Crippen LogP contribution in [-0.4, -0.2) is 25.3 Å². The summed E-state index contributed by atoms with van der Waals surface area (Å²) in [6.45, 7) is 4.79. The molecule has 0 aliphatic rings. The molecule has 0 aliphatic carbocycles. The first kappa shape index (κ1) is 17.8. The van der Waals surface area contributed by atoms with Crippen molar-refractivity contribution in [3.63, 3.8) is 0 Å². The number of halogens is 4. The van der Waals surface area contributed by atoms with Crippen LogP contribution in [-0.2, 0) is 15.7 Å². The second kappa shape index (κ2) is 8.26. The van der Waals surface area contributed by atoms with Gasteiger partial charge in [-0.2, -0.15) is 13.2 Å². The van der Waals surface area contributed by atoms with Gasteiger partial charge in [0.2, 0.25) is 0 Å². The zero-order valence-corrected chi connectivity index (χ0v) is 13.6. The summed E-state index contributed by atoms with van der Waals surface area (Å²) in [4.78, 5) is 0.724. The highest BCUT2D eigenvalue weighted by Crippen LogP contribution is 2.35. The fraction of sp³-hybridized carbons (Fsp3) is 0.538. The van der Waals surface area contributed by atoms with Crippen LogP contribution in [0.2, 0.25) is 0 Å². The van der Waals surface area contributed by atoms with Crippen LogP contribution in [0.1, 0.15) is 19.4 Å². The van der Waals surface area contributed by atoms with Crippen LogP contribution < -0.4 is 0 Å². The molecule has 0 saturated heterocycles. The molecule has 2 nitrogen and oxygen atoms in total. The molecule has 0 heterocycles. The smallest absolute Gasteiger partial charge is 0.352 e. The Morgan fingerprint density at radius 2 is 1.80 bits per heavy atom. The predicted octanol–water partition coefficient (Wildman–Crippen LogP) is 4.96. The average molecular weight is 373 g/mol. The van der Waals surface area contributed by atoms with Gasteiger partial charge in [0.05, 0.1) is 5.56 Å². The minimum absolute atomic E-state index is 0.357. The predicted molar refractivity (Wildman–Crippen MR) is 76.9 cm³/mol. The molecular formula is C13H16BrF3O2S. The van der Waals surface area contributed by atoms with Gasteiger partial charge in [0.25, 0.3) is 0 Å². The molecule has 0 bridgehead atoms. The van der Waals surface area contributed by atoms with Crippen LogP contribution in [0, 0.1) is 0 Å². The van der Waals surface area contributed by atoms with Crippen LogP contribution >= 0.6 is 27.7 Å². The van der Waals surface area contributed by atoms with Crippen molar-refractivity contribution in [2.24, 2.45) is 0 Å². The molecule has 0 N–H and O–H groups in total. The Kier molecular flexibility index (Phi) is 7.36. The van der Waals surface area contributed by atoms with Crippen LogP contribution in [0.5, 0.6) is 0 Å². The van der Waals surface area contributed by atoms with E-state index in [0.717, 1.165) is 17.0 Å². The van der Waals surface area contributed by atoms with E-state index in [4.69, 9.17) is 9.47 Å². The van der Waals surface area contributed by atoms with E-state index in [2.05, 4.69) is 15.9 Å². The maximum atomic E-state index is 12.5. The van der Waals surface area contributed by atoms with Gasteiger partial charge in [-0.15, -0.1) is 11.8 Å². The zero-order chi connectivity index (χ0) is 15.2. The molecule has 0 unspecified atom stereocenters. The molecule has 0 atom stereocenters. The topological polar surface area (TPSA) is 18.5 Å². The van der Waals surface area contributed by atoms with Gasteiger partial charge in [-0.25, -0.2) is 0 Å². The molecular weight excluding hydrogens is 357 g/mol. The van der Waals surface area contributed by atoms with E-state index in [1.807, 2.05) is 13.8 Å². The quantitative estimate of drug-likeness (QED) is 0.497. The third-order valence-electron chi connectivity index (χ3n) is 2.34. The molecule has 0 fully saturated rings. The summed E-state index contributed by atoms with van der Waals surface area (Å²) in [5.74, 6) is 0.519. The summed E-state index contributed by atoms with van der Waals surface area (Å²) >= 11 is 4.56. The number of hydrogen-bond acceptors (Lipinski definition) is 3. The summed E-state index contributed by atoms with van der Waals surface area (Å²) in [5, 5.41) is 0.